The Bertz CT molecular complexity index is 2840. The zero-order chi connectivity index (χ0) is 43.3. The van der Waals surface area contributed by atoms with Crippen molar-refractivity contribution in [1.29, 1.82) is 0 Å². The Morgan fingerprint density at radius 3 is 2.29 bits per heavy atom. The monoisotopic (exact) mass is 975 g/mol. The van der Waals surface area contributed by atoms with Gasteiger partial charge in [0.15, 0.2) is 0 Å². The maximum absolute atomic E-state index is 14.5. The third-order valence-corrected chi connectivity index (χ3v) is 13.8. The van der Waals surface area contributed by atoms with Gasteiger partial charge in [-0.05, 0) is 44.5 Å². The van der Waals surface area contributed by atoms with Crippen molar-refractivity contribution in [3.8, 4) is 33.8 Å². The minimum absolute atomic E-state index is 0. The first-order chi connectivity index (χ1) is 28.2. The van der Waals surface area contributed by atoms with Crippen molar-refractivity contribution in [2.75, 3.05) is 0 Å². The summed E-state index contributed by atoms with van der Waals surface area (Å²) in [5.74, 6) is 7.66. The SMILES string of the molecule is [2H]C([2H])([2H])c1c[c-]c(-c2cc(CC(C)C)[c]([Ge]([CH3])([CH3])[CH3])cn2)c(F)c1.[2H]C([2H])([2H])c1ccc(-c2cnc3oc4c(-c5nc6ccccc6n5C(C)C)[c-]ccc4c3c2)cc1.[Ir]. The van der Waals surface area contributed by atoms with Crippen LogP contribution in [0.4, 0.5) is 4.39 Å². The van der Waals surface area contributed by atoms with Gasteiger partial charge in [0.1, 0.15) is 0 Å². The number of aryl methyl sites for hydroxylation is 2. The van der Waals surface area contributed by atoms with E-state index in [0.717, 1.165) is 56.8 Å². The molecule has 0 amide bonds. The van der Waals surface area contributed by atoms with Gasteiger partial charge in [-0.15, -0.1) is 18.2 Å². The number of halogens is 1. The van der Waals surface area contributed by atoms with Crippen LogP contribution in [0.15, 0.2) is 102 Å². The molecule has 283 valence electrons. The molecule has 0 fully saturated rings. The van der Waals surface area contributed by atoms with Gasteiger partial charge in [0.25, 0.3) is 0 Å². The molecule has 55 heavy (non-hydrogen) atoms. The van der Waals surface area contributed by atoms with E-state index in [0.29, 0.717) is 28.5 Å². The van der Waals surface area contributed by atoms with Crippen molar-refractivity contribution in [2.24, 2.45) is 5.92 Å². The molecule has 0 aliphatic carbocycles. The van der Waals surface area contributed by atoms with Crippen LogP contribution in [0.25, 0.3) is 66.9 Å². The van der Waals surface area contributed by atoms with Crippen molar-refractivity contribution in [3.05, 3.63) is 132 Å². The molecule has 0 N–H and O–H groups in total. The molecule has 0 saturated carbocycles. The molecule has 0 bridgehead atoms. The van der Waals surface area contributed by atoms with Crippen molar-refractivity contribution < 1.29 is 37.1 Å². The molecular weight excluding hydrogens is 920 g/mol. The van der Waals surface area contributed by atoms with Crippen LogP contribution in [0.2, 0.25) is 17.3 Å². The van der Waals surface area contributed by atoms with Crippen molar-refractivity contribution >= 4 is 50.8 Å². The van der Waals surface area contributed by atoms with Crippen LogP contribution < -0.4 is 4.40 Å². The summed E-state index contributed by atoms with van der Waals surface area (Å²) < 4.78 is 69.2. The largest absolute Gasteiger partial charge is 0.486 e. The number of hydrogen-bond donors (Lipinski definition) is 0. The summed E-state index contributed by atoms with van der Waals surface area (Å²) >= 11 is -2.08. The molecule has 0 unspecified atom stereocenters. The molecule has 4 aromatic carbocycles. The van der Waals surface area contributed by atoms with E-state index in [-0.39, 0.29) is 37.3 Å². The van der Waals surface area contributed by atoms with Gasteiger partial charge in [-0.2, -0.15) is 0 Å². The van der Waals surface area contributed by atoms with Crippen molar-refractivity contribution in [1.82, 2.24) is 19.5 Å². The van der Waals surface area contributed by atoms with E-state index in [1.165, 1.54) is 16.0 Å². The summed E-state index contributed by atoms with van der Waals surface area (Å²) in [5.41, 5.74) is 8.05. The second-order valence-electron chi connectivity index (χ2n) is 15.4. The van der Waals surface area contributed by atoms with Gasteiger partial charge in [0.05, 0.1) is 22.4 Å². The number of para-hydroxylation sites is 2. The van der Waals surface area contributed by atoms with Crippen LogP contribution >= 0.6 is 0 Å². The molecule has 8 aromatic rings. The summed E-state index contributed by atoms with van der Waals surface area (Å²) in [6.07, 6.45) is 4.56. The topological polar surface area (TPSA) is 56.7 Å². The Kier molecular flexibility index (Phi) is 9.75. The number of nitrogens with zero attached hydrogens (tertiary/aromatic N) is 4. The summed E-state index contributed by atoms with van der Waals surface area (Å²) in [4.78, 5) is 14.0. The summed E-state index contributed by atoms with van der Waals surface area (Å²) in [5, 5.41) is 1.82. The number of benzene rings is 4. The van der Waals surface area contributed by atoms with Gasteiger partial charge in [-0.3, -0.25) is 4.98 Å². The smallest absolute Gasteiger partial charge is 0.216 e. The Hall–Kier alpha value is -4.43. The minimum Gasteiger partial charge on any atom is -0.486 e. The minimum atomic E-state index is -2.34. The van der Waals surface area contributed by atoms with Gasteiger partial charge in [0.2, 0.25) is 5.71 Å². The summed E-state index contributed by atoms with van der Waals surface area (Å²) in [6, 6.07) is 31.6. The van der Waals surface area contributed by atoms with Crippen LogP contribution in [0, 0.1) is 37.6 Å². The number of furan rings is 1. The van der Waals surface area contributed by atoms with Crippen LogP contribution in [0.3, 0.4) is 0 Å². The van der Waals surface area contributed by atoms with Gasteiger partial charge in [-0.1, -0.05) is 52.9 Å². The predicted molar refractivity (Wildman–Crippen MR) is 224 cm³/mol. The normalized spacial score (nSPS) is 13.8. The Labute approximate surface area is 348 Å². The van der Waals surface area contributed by atoms with E-state index < -0.39 is 32.8 Å². The quantitative estimate of drug-likeness (QED) is 0.118. The molecule has 1 radical (unpaired) electrons. The van der Waals surface area contributed by atoms with E-state index in [9.17, 15) is 4.39 Å². The maximum Gasteiger partial charge on any atom is 0.216 e. The molecule has 0 aliphatic rings. The van der Waals surface area contributed by atoms with Gasteiger partial charge in [0, 0.05) is 47.4 Å². The van der Waals surface area contributed by atoms with E-state index in [1.807, 2.05) is 60.8 Å². The van der Waals surface area contributed by atoms with Crippen LogP contribution in [-0.4, -0.2) is 32.8 Å². The number of fused-ring (bicyclic) bond motifs is 4. The summed E-state index contributed by atoms with van der Waals surface area (Å²) in [6.45, 7) is 4.15. The fourth-order valence-corrected chi connectivity index (χ4v) is 10.3. The molecule has 4 aromatic heterocycles. The maximum atomic E-state index is 14.5. The fraction of sp³-hybridized carbons (Fsp3) is 0.255. The van der Waals surface area contributed by atoms with E-state index in [1.54, 1.807) is 18.3 Å². The average molecular weight is 974 g/mol. The van der Waals surface area contributed by atoms with Crippen molar-refractivity contribution in [2.45, 2.75) is 71.1 Å². The van der Waals surface area contributed by atoms with E-state index in [2.05, 4.69) is 77.7 Å². The molecule has 0 atom stereocenters. The third-order valence-electron chi connectivity index (χ3n) is 9.42. The van der Waals surface area contributed by atoms with Crippen LogP contribution in [0.5, 0.6) is 0 Å². The Morgan fingerprint density at radius 2 is 1.60 bits per heavy atom. The van der Waals surface area contributed by atoms with Gasteiger partial charge in [-0.25, -0.2) is 4.98 Å². The van der Waals surface area contributed by atoms with Crippen molar-refractivity contribution in [3.63, 3.8) is 0 Å². The average Bonchev–Trinajstić information content (AvgIpc) is 3.75. The molecule has 8 rings (SSSR count). The summed E-state index contributed by atoms with van der Waals surface area (Å²) in [7, 11) is 0. The first-order valence-electron chi connectivity index (χ1n) is 21.2. The third kappa shape index (κ3) is 8.40. The first-order valence-corrected chi connectivity index (χ1v) is 25.6. The number of rotatable bonds is 7. The van der Waals surface area contributed by atoms with Gasteiger partial charge < -0.3 is 8.98 Å². The van der Waals surface area contributed by atoms with Crippen LogP contribution in [0.1, 0.15) is 58.7 Å². The molecular formula is C47H47FGeIrN4O-2. The Morgan fingerprint density at radius 1 is 0.836 bits per heavy atom. The second-order valence-corrected chi connectivity index (χ2v) is 26.0. The Balaban J connectivity index is 0.000000213. The van der Waals surface area contributed by atoms with E-state index >= 15 is 0 Å². The number of aromatic nitrogens is 4. The molecule has 0 spiro atoms. The second kappa shape index (κ2) is 16.4. The molecule has 0 saturated heterocycles. The number of pyridine rings is 2. The molecule has 4 heterocycles. The first kappa shape index (κ1) is 32.8. The predicted octanol–water partition coefficient (Wildman–Crippen LogP) is 12.1. The number of hydrogen-bond acceptors (Lipinski definition) is 4. The zero-order valence-electron chi connectivity index (χ0n) is 38.0. The zero-order valence-corrected chi connectivity index (χ0v) is 36.5. The van der Waals surface area contributed by atoms with Crippen LogP contribution in [-0.2, 0) is 26.5 Å². The number of imidazole rings is 1. The molecule has 8 heteroatoms. The van der Waals surface area contributed by atoms with E-state index in [4.69, 9.17) is 17.6 Å². The molecule has 5 nitrogen and oxygen atoms in total. The van der Waals surface area contributed by atoms with Gasteiger partial charge >= 0.3 is 140 Å². The standard InChI is InChI=1S/C28H22N3O.C19H25FGeN.Ir/c1-17(2)31-25-10-5-4-9-24(25)30-27(31)22-8-6-7-21-23-15-20(16-29-28(23)32-26(21)22)19-13-11-18(3)12-14-19;1-13(2)9-15-11-19(22-12-18(15)21(4,5)6)16-8-7-14(3)10-17(16)20;/h4-7,9-17H,1-3H3;7,10-13H,9H2,1-6H3;/q2*-1;/i2*3D3;. The fourth-order valence-electron chi connectivity index (χ4n) is 6.94. The molecule has 0 aliphatic heterocycles.